The van der Waals surface area contributed by atoms with Crippen LogP contribution in [0.3, 0.4) is 0 Å². The molecule has 0 N–H and O–H groups in total. The Hall–Kier alpha value is -2.35. The predicted molar refractivity (Wildman–Crippen MR) is 97.6 cm³/mol. The number of nitrogens with zero attached hydrogens (tertiary/aromatic N) is 6. The smallest absolute Gasteiger partial charge is 0.243 e. The molecule has 0 radical (unpaired) electrons. The molecule has 0 aliphatic carbocycles. The topological polar surface area (TPSA) is 70.7 Å². The maximum absolute atomic E-state index is 5.68. The highest BCUT2D eigenvalue weighted by Crippen LogP contribution is 2.31. The summed E-state index contributed by atoms with van der Waals surface area (Å²) >= 11 is 1.63. The van der Waals surface area contributed by atoms with E-state index in [1.165, 1.54) is 0 Å². The standard InChI is InChI=1S/C17H22N6OS/c1-4-22-11-14(16(21-22)24-6-3)15-19-20-17(23(15)5-2)25-12-13-9-7-8-10-18-13/h7-11H,4-6,12H2,1-3H3. The van der Waals surface area contributed by atoms with Gasteiger partial charge >= 0.3 is 0 Å². The van der Waals surface area contributed by atoms with Gasteiger partial charge in [0, 0.05) is 31.2 Å². The fourth-order valence-electron chi connectivity index (χ4n) is 2.46. The van der Waals surface area contributed by atoms with Gasteiger partial charge in [-0.05, 0) is 32.9 Å². The Morgan fingerprint density at radius 3 is 2.68 bits per heavy atom. The lowest BCUT2D eigenvalue weighted by Gasteiger charge is -2.07. The van der Waals surface area contributed by atoms with Gasteiger partial charge in [0.15, 0.2) is 11.0 Å². The lowest BCUT2D eigenvalue weighted by Crippen LogP contribution is -2.01. The third kappa shape index (κ3) is 3.84. The van der Waals surface area contributed by atoms with Crippen LogP contribution in [0.4, 0.5) is 0 Å². The van der Waals surface area contributed by atoms with Crippen LogP contribution in [0.15, 0.2) is 35.7 Å². The molecule has 0 amide bonds. The summed E-state index contributed by atoms with van der Waals surface area (Å²) in [6.07, 6.45) is 3.77. The third-order valence-corrected chi connectivity index (χ3v) is 4.68. The van der Waals surface area contributed by atoms with Crippen LogP contribution in [-0.4, -0.2) is 36.1 Å². The molecule has 0 aliphatic heterocycles. The fraction of sp³-hybridized carbons (Fsp3) is 0.412. The molecule has 0 saturated heterocycles. The van der Waals surface area contributed by atoms with E-state index in [0.717, 1.165) is 41.1 Å². The maximum Gasteiger partial charge on any atom is 0.243 e. The number of aromatic nitrogens is 6. The van der Waals surface area contributed by atoms with Crippen LogP contribution in [0, 0.1) is 0 Å². The van der Waals surface area contributed by atoms with Crippen LogP contribution in [-0.2, 0) is 18.8 Å². The molecule has 8 heteroatoms. The van der Waals surface area contributed by atoms with Crippen LogP contribution in [0.25, 0.3) is 11.4 Å². The van der Waals surface area contributed by atoms with Gasteiger partial charge in [0.25, 0.3) is 0 Å². The molecule has 0 atom stereocenters. The third-order valence-electron chi connectivity index (χ3n) is 3.68. The van der Waals surface area contributed by atoms with Gasteiger partial charge in [-0.25, -0.2) is 0 Å². The lowest BCUT2D eigenvalue weighted by atomic mass is 10.3. The SMILES string of the molecule is CCOc1nn(CC)cc1-c1nnc(SCc2ccccn2)n1CC. The molecule has 0 saturated carbocycles. The number of thioether (sulfide) groups is 1. The first kappa shape index (κ1) is 17.5. The van der Waals surface area contributed by atoms with E-state index < -0.39 is 0 Å². The van der Waals surface area contributed by atoms with Crippen molar-refractivity contribution in [3.63, 3.8) is 0 Å². The Bertz CT molecular complexity index is 814. The molecule has 0 unspecified atom stereocenters. The van der Waals surface area contributed by atoms with Crippen molar-refractivity contribution in [2.24, 2.45) is 0 Å². The molecular formula is C17H22N6OS. The van der Waals surface area contributed by atoms with Gasteiger partial charge in [0.2, 0.25) is 5.88 Å². The number of hydrogen-bond acceptors (Lipinski definition) is 6. The number of ether oxygens (including phenoxy) is 1. The zero-order chi connectivity index (χ0) is 17.6. The minimum atomic E-state index is 0.565. The molecular weight excluding hydrogens is 336 g/mol. The molecule has 0 fully saturated rings. The molecule has 0 aromatic carbocycles. The van der Waals surface area contributed by atoms with E-state index in [0.29, 0.717) is 12.5 Å². The van der Waals surface area contributed by atoms with Crippen molar-refractivity contribution in [3.8, 4) is 17.3 Å². The summed E-state index contributed by atoms with van der Waals surface area (Å²) in [5.41, 5.74) is 1.90. The van der Waals surface area contributed by atoms with E-state index in [-0.39, 0.29) is 0 Å². The van der Waals surface area contributed by atoms with E-state index in [1.807, 2.05) is 42.9 Å². The van der Waals surface area contributed by atoms with Crippen LogP contribution >= 0.6 is 11.8 Å². The van der Waals surface area contributed by atoms with Gasteiger partial charge in [-0.2, -0.15) is 0 Å². The molecule has 3 aromatic heterocycles. The largest absolute Gasteiger partial charge is 0.476 e. The van der Waals surface area contributed by atoms with Gasteiger partial charge < -0.3 is 9.30 Å². The van der Waals surface area contributed by atoms with Crippen molar-refractivity contribution in [1.82, 2.24) is 29.5 Å². The van der Waals surface area contributed by atoms with E-state index in [9.17, 15) is 0 Å². The van der Waals surface area contributed by atoms with Crippen molar-refractivity contribution >= 4 is 11.8 Å². The highest BCUT2D eigenvalue weighted by molar-refractivity contribution is 7.98. The van der Waals surface area contributed by atoms with Crippen LogP contribution in [0.5, 0.6) is 5.88 Å². The number of aryl methyl sites for hydroxylation is 1. The second-order valence-corrected chi connectivity index (χ2v) is 6.24. The summed E-state index contributed by atoms with van der Waals surface area (Å²) in [5.74, 6) is 2.15. The predicted octanol–water partition coefficient (Wildman–Crippen LogP) is 3.27. The van der Waals surface area contributed by atoms with Crippen LogP contribution in [0.2, 0.25) is 0 Å². The number of rotatable bonds is 8. The van der Waals surface area contributed by atoms with E-state index in [2.05, 4.69) is 31.8 Å². The number of hydrogen-bond donors (Lipinski definition) is 0. The first-order valence-corrected chi connectivity index (χ1v) is 9.41. The first-order chi connectivity index (χ1) is 12.3. The lowest BCUT2D eigenvalue weighted by molar-refractivity contribution is 0.322. The fourth-order valence-corrected chi connectivity index (χ4v) is 3.38. The summed E-state index contributed by atoms with van der Waals surface area (Å²) in [6, 6.07) is 5.92. The Balaban J connectivity index is 1.88. The Morgan fingerprint density at radius 2 is 2.00 bits per heavy atom. The average molecular weight is 358 g/mol. The maximum atomic E-state index is 5.68. The molecule has 132 valence electrons. The van der Waals surface area contributed by atoms with Gasteiger partial charge in [-0.15, -0.1) is 15.3 Å². The van der Waals surface area contributed by atoms with Gasteiger partial charge in [-0.1, -0.05) is 17.8 Å². The molecule has 7 nitrogen and oxygen atoms in total. The van der Waals surface area contributed by atoms with E-state index >= 15 is 0 Å². The second kappa shape index (κ2) is 8.15. The molecule has 0 spiro atoms. The summed E-state index contributed by atoms with van der Waals surface area (Å²) in [6.45, 7) is 8.20. The Labute approximate surface area is 151 Å². The van der Waals surface area contributed by atoms with Crippen molar-refractivity contribution < 1.29 is 4.74 Å². The van der Waals surface area contributed by atoms with E-state index in [4.69, 9.17) is 4.74 Å². The molecule has 25 heavy (non-hydrogen) atoms. The second-order valence-electron chi connectivity index (χ2n) is 5.30. The quantitative estimate of drug-likeness (QED) is 0.576. The van der Waals surface area contributed by atoms with Gasteiger partial charge in [0.05, 0.1) is 12.3 Å². The number of pyridine rings is 1. The van der Waals surface area contributed by atoms with Crippen molar-refractivity contribution in [1.29, 1.82) is 0 Å². The molecule has 3 rings (SSSR count). The Morgan fingerprint density at radius 1 is 1.12 bits per heavy atom. The van der Waals surface area contributed by atoms with Crippen LogP contribution < -0.4 is 4.74 Å². The molecule has 3 heterocycles. The highest BCUT2D eigenvalue weighted by atomic mass is 32.2. The highest BCUT2D eigenvalue weighted by Gasteiger charge is 2.20. The van der Waals surface area contributed by atoms with Crippen molar-refractivity contribution in [2.75, 3.05) is 6.61 Å². The zero-order valence-corrected chi connectivity index (χ0v) is 15.5. The minimum Gasteiger partial charge on any atom is -0.476 e. The average Bonchev–Trinajstić information content (AvgIpc) is 3.24. The van der Waals surface area contributed by atoms with Crippen molar-refractivity contribution in [3.05, 3.63) is 36.3 Å². The summed E-state index contributed by atoms with van der Waals surface area (Å²) in [5, 5.41) is 14.1. The molecule has 3 aromatic rings. The summed E-state index contributed by atoms with van der Waals surface area (Å²) in [4.78, 5) is 4.36. The van der Waals surface area contributed by atoms with E-state index in [1.54, 1.807) is 18.0 Å². The monoisotopic (exact) mass is 358 g/mol. The summed E-state index contributed by atoms with van der Waals surface area (Å²) < 4.78 is 9.63. The van der Waals surface area contributed by atoms with Crippen LogP contribution in [0.1, 0.15) is 26.5 Å². The molecule has 0 aliphatic rings. The summed E-state index contributed by atoms with van der Waals surface area (Å²) in [7, 11) is 0. The van der Waals surface area contributed by atoms with Gasteiger partial charge in [0.1, 0.15) is 5.56 Å². The normalized spacial score (nSPS) is 11.0. The Kier molecular flexibility index (Phi) is 5.70. The zero-order valence-electron chi connectivity index (χ0n) is 14.7. The first-order valence-electron chi connectivity index (χ1n) is 8.43. The van der Waals surface area contributed by atoms with Crippen molar-refractivity contribution in [2.45, 2.75) is 44.8 Å². The van der Waals surface area contributed by atoms with Gasteiger partial charge in [-0.3, -0.25) is 9.67 Å². The minimum absolute atomic E-state index is 0.565. The molecule has 0 bridgehead atoms.